The third-order valence-corrected chi connectivity index (χ3v) is 4.91. The van der Waals surface area contributed by atoms with Gasteiger partial charge in [0.25, 0.3) is 5.69 Å². The minimum absolute atomic E-state index is 0.0781. The number of nitro groups is 1. The maximum Gasteiger partial charge on any atom is 0.270 e. The van der Waals surface area contributed by atoms with Gasteiger partial charge in [0.2, 0.25) is 0 Å². The Bertz CT molecular complexity index is 1320. The third kappa shape index (κ3) is 2.52. The molecule has 0 aliphatic carbocycles. The summed E-state index contributed by atoms with van der Waals surface area (Å²) in [7, 11) is 0. The van der Waals surface area contributed by atoms with E-state index in [0.29, 0.717) is 6.54 Å². The average molecular weight is 353 g/mol. The summed E-state index contributed by atoms with van der Waals surface area (Å²) >= 11 is 0. The van der Waals surface area contributed by atoms with Crippen molar-refractivity contribution in [3.63, 3.8) is 0 Å². The van der Waals surface area contributed by atoms with Crippen molar-refractivity contribution in [3.05, 3.63) is 94.5 Å². The van der Waals surface area contributed by atoms with E-state index in [1.165, 1.54) is 11.6 Å². The van der Waals surface area contributed by atoms with Gasteiger partial charge in [-0.3, -0.25) is 10.1 Å². The molecule has 0 spiro atoms. The highest BCUT2D eigenvalue weighted by Gasteiger charge is 2.14. The van der Waals surface area contributed by atoms with E-state index in [1.807, 2.05) is 36.4 Å². The van der Waals surface area contributed by atoms with E-state index in [9.17, 15) is 10.1 Å². The first-order valence-corrected chi connectivity index (χ1v) is 8.71. The number of hydrogen-bond donors (Lipinski definition) is 0. The van der Waals surface area contributed by atoms with Crippen LogP contribution in [0, 0.1) is 10.1 Å². The Labute approximate surface area is 154 Å². The van der Waals surface area contributed by atoms with Crippen molar-refractivity contribution in [3.8, 4) is 0 Å². The second-order valence-electron chi connectivity index (χ2n) is 6.58. The molecule has 0 atom stereocenters. The lowest BCUT2D eigenvalue weighted by atomic mass is 10.1. The number of benzene rings is 3. The van der Waals surface area contributed by atoms with Crippen molar-refractivity contribution in [2.75, 3.05) is 0 Å². The average Bonchev–Trinajstić information content (AvgIpc) is 3.00. The molecule has 0 bridgehead atoms. The van der Waals surface area contributed by atoms with Crippen LogP contribution in [0.1, 0.15) is 5.56 Å². The molecule has 0 aliphatic heterocycles. The zero-order chi connectivity index (χ0) is 18.4. The zero-order valence-electron chi connectivity index (χ0n) is 14.4. The third-order valence-electron chi connectivity index (χ3n) is 4.91. The minimum atomic E-state index is -0.372. The molecule has 2 heterocycles. The molecule has 5 nitrogen and oxygen atoms in total. The van der Waals surface area contributed by atoms with Crippen LogP contribution in [0.5, 0.6) is 0 Å². The van der Waals surface area contributed by atoms with Crippen LogP contribution in [-0.2, 0) is 6.54 Å². The summed E-state index contributed by atoms with van der Waals surface area (Å²) in [5, 5.41) is 13.0. The second-order valence-corrected chi connectivity index (χ2v) is 6.58. The first kappa shape index (κ1) is 15.5. The van der Waals surface area contributed by atoms with Gasteiger partial charge in [0.05, 0.1) is 27.0 Å². The van der Waals surface area contributed by atoms with Crippen LogP contribution in [0.15, 0.2) is 78.9 Å². The molecule has 0 amide bonds. The Balaban J connectivity index is 1.83. The summed E-state index contributed by atoms with van der Waals surface area (Å²) in [5.74, 6) is 0. The Morgan fingerprint density at radius 2 is 1.67 bits per heavy atom. The number of pyridine rings is 1. The maximum atomic E-state index is 11.1. The van der Waals surface area contributed by atoms with Crippen LogP contribution in [0.2, 0.25) is 0 Å². The molecular formula is C22H15N3O2. The molecule has 5 aromatic rings. The second kappa shape index (κ2) is 5.92. The van der Waals surface area contributed by atoms with Gasteiger partial charge < -0.3 is 4.57 Å². The van der Waals surface area contributed by atoms with Crippen LogP contribution in [-0.4, -0.2) is 14.5 Å². The molecule has 3 aromatic carbocycles. The predicted octanol–water partition coefficient (Wildman–Crippen LogP) is 5.30. The normalized spacial score (nSPS) is 11.4. The number of fused-ring (bicyclic) bond motifs is 4. The SMILES string of the molecule is O=[N+]([O-])c1ccc2nc3c4ccccc4n(Cc4ccccc4)c3cc2c1. The molecule has 0 unspecified atom stereocenters. The van der Waals surface area contributed by atoms with Gasteiger partial charge >= 0.3 is 0 Å². The Morgan fingerprint density at radius 3 is 2.48 bits per heavy atom. The van der Waals surface area contributed by atoms with Crippen LogP contribution in [0.4, 0.5) is 5.69 Å². The first-order valence-electron chi connectivity index (χ1n) is 8.71. The Morgan fingerprint density at radius 1 is 0.889 bits per heavy atom. The molecule has 27 heavy (non-hydrogen) atoms. The van der Waals surface area contributed by atoms with Crippen molar-refractivity contribution in [1.82, 2.24) is 9.55 Å². The first-order chi connectivity index (χ1) is 13.2. The van der Waals surface area contributed by atoms with Gasteiger partial charge in [0.15, 0.2) is 0 Å². The van der Waals surface area contributed by atoms with Crippen molar-refractivity contribution in [2.24, 2.45) is 0 Å². The number of non-ortho nitro benzene ring substituents is 1. The van der Waals surface area contributed by atoms with Crippen molar-refractivity contribution < 1.29 is 4.92 Å². The quantitative estimate of drug-likeness (QED) is 0.327. The van der Waals surface area contributed by atoms with E-state index >= 15 is 0 Å². The molecule has 0 N–H and O–H groups in total. The van der Waals surface area contributed by atoms with Gasteiger partial charge in [-0.2, -0.15) is 0 Å². The molecule has 0 aliphatic rings. The number of nitrogens with zero attached hydrogens (tertiary/aromatic N) is 3. The van der Waals surface area contributed by atoms with Gasteiger partial charge in [0, 0.05) is 29.4 Å². The highest BCUT2D eigenvalue weighted by molar-refractivity contribution is 6.09. The molecule has 0 fully saturated rings. The summed E-state index contributed by atoms with van der Waals surface area (Å²) in [6, 6.07) is 25.3. The van der Waals surface area contributed by atoms with Crippen molar-refractivity contribution in [1.29, 1.82) is 0 Å². The maximum absolute atomic E-state index is 11.1. The molecule has 0 saturated heterocycles. The summed E-state index contributed by atoms with van der Waals surface area (Å²) in [6.07, 6.45) is 0. The van der Waals surface area contributed by atoms with E-state index in [1.54, 1.807) is 12.1 Å². The largest absolute Gasteiger partial charge is 0.335 e. The number of nitro benzene ring substituents is 1. The number of rotatable bonds is 3. The predicted molar refractivity (Wildman–Crippen MR) is 107 cm³/mol. The van der Waals surface area contributed by atoms with Gasteiger partial charge in [-0.1, -0.05) is 48.5 Å². The fraction of sp³-hybridized carbons (Fsp3) is 0.0455. The molecule has 5 heteroatoms. The van der Waals surface area contributed by atoms with Gasteiger partial charge in [-0.25, -0.2) is 4.98 Å². The Kier molecular flexibility index (Phi) is 3.40. The summed E-state index contributed by atoms with van der Waals surface area (Å²) in [6.45, 7) is 0.715. The molecular weight excluding hydrogens is 338 g/mol. The molecule has 5 rings (SSSR count). The molecule has 2 aromatic heterocycles. The molecule has 0 saturated carbocycles. The number of hydrogen-bond acceptors (Lipinski definition) is 3. The molecule has 0 radical (unpaired) electrons. The summed E-state index contributed by atoms with van der Waals surface area (Å²) in [5.41, 5.74) is 5.04. The van der Waals surface area contributed by atoms with Crippen LogP contribution < -0.4 is 0 Å². The Hall–Kier alpha value is -3.73. The fourth-order valence-corrected chi connectivity index (χ4v) is 3.65. The summed E-state index contributed by atoms with van der Waals surface area (Å²) < 4.78 is 2.23. The number of para-hydroxylation sites is 1. The highest BCUT2D eigenvalue weighted by atomic mass is 16.6. The monoisotopic (exact) mass is 353 g/mol. The smallest absolute Gasteiger partial charge is 0.270 e. The summed E-state index contributed by atoms with van der Waals surface area (Å²) in [4.78, 5) is 15.6. The topological polar surface area (TPSA) is 61.0 Å². The molecule has 130 valence electrons. The van der Waals surface area contributed by atoms with E-state index in [0.717, 1.165) is 32.8 Å². The van der Waals surface area contributed by atoms with Gasteiger partial charge in [0.1, 0.15) is 0 Å². The van der Waals surface area contributed by atoms with Gasteiger partial charge in [-0.15, -0.1) is 0 Å². The van der Waals surface area contributed by atoms with E-state index in [2.05, 4.69) is 28.8 Å². The van der Waals surface area contributed by atoms with Crippen LogP contribution in [0.25, 0.3) is 32.8 Å². The zero-order valence-corrected chi connectivity index (χ0v) is 14.4. The van der Waals surface area contributed by atoms with Crippen LogP contribution in [0.3, 0.4) is 0 Å². The van der Waals surface area contributed by atoms with E-state index in [4.69, 9.17) is 4.98 Å². The highest BCUT2D eigenvalue weighted by Crippen LogP contribution is 2.31. The van der Waals surface area contributed by atoms with E-state index in [-0.39, 0.29) is 10.6 Å². The standard InChI is InChI=1S/C22H15N3O2/c26-25(27)17-10-11-19-16(12-17)13-21-22(23-19)18-8-4-5-9-20(18)24(21)14-15-6-2-1-3-7-15/h1-13H,14H2. The van der Waals surface area contributed by atoms with E-state index < -0.39 is 0 Å². The lowest BCUT2D eigenvalue weighted by Gasteiger charge is -2.08. The van der Waals surface area contributed by atoms with Gasteiger partial charge in [-0.05, 0) is 23.8 Å². The van der Waals surface area contributed by atoms with Crippen molar-refractivity contribution in [2.45, 2.75) is 6.54 Å². The fourth-order valence-electron chi connectivity index (χ4n) is 3.65. The minimum Gasteiger partial charge on any atom is -0.335 e. The number of aromatic nitrogens is 2. The lowest BCUT2D eigenvalue weighted by Crippen LogP contribution is -1.99. The van der Waals surface area contributed by atoms with Crippen LogP contribution >= 0.6 is 0 Å². The van der Waals surface area contributed by atoms with Crippen molar-refractivity contribution >= 4 is 38.5 Å². The lowest BCUT2D eigenvalue weighted by molar-refractivity contribution is -0.384.